The molecule has 0 spiro atoms. The normalized spacial score (nSPS) is 10.6. The van der Waals surface area contributed by atoms with Crippen molar-refractivity contribution < 1.29 is 9.53 Å². The molecule has 3 rings (SSSR count). The van der Waals surface area contributed by atoms with Crippen molar-refractivity contribution in [3.63, 3.8) is 0 Å². The lowest BCUT2D eigenvalue weighted by molar-refractivity contribution is 0.102. The zero-order valence-corrected chi connectivity index (χ0v) is 15.7. The Balaban J connectivity index is 1.65. The topological polar surface area (TPSA) is 56.1 Å². The molecule has 5 nitrogen and oxygen atoms in total. The Labute approximate surface area is 157 Å². The van der Waals surface area contributed by atoms with Gasteiger partial charge in [0.15, 0.2) is 12.4 Å². The quantitative estimate of drug-likeness (QED) is 0.706. The molecule has 0 aliphatic rings. The molecule has 1 amide bonds. The molecule has 1 heterocycles. The van der Waals surface area contributed by atoms with Gasteiger partial charge >= 0.3 is 0 Å². The standard InChI is InChI=1S/C20H20ClN3O2/c1-13-5-4-6-14(2)19(13)22-20(25)18-9-10-24(23-18)12-26-16-7-8-17(21)15(3)11-16/h4-11H,12H2,1-3H3,(H,22,25). The van der Waals surface area contributed by atoms with E-state index in [-0.39, 0.29) is 12.6 Å². The predicted octanol–water partition coefficient (Wildman–Crippen LogP) is 4.75. The molecule has 0 unspecified atom stereocenters. The number of nitrogens with zero attached hydrogens (tertiary/aromatic N) is 2. The van der Waals surface area contributed by atoms with Crippen LogP contribution in [0.5, 0.6) is 5.75 Å². The molecule has 0 atom stereocenters. The van der Waals surface area contributed by atoms with Gasteiger partial charge in [-0.2, -0.15) is 5.10 Å². The Morgan fingerprint density at radius 3 is 2.54 bits per heavy atom. The third kappa shape index (κ3) is 4.06. The maximum Gasteiger partial charge on any atom is 0.276 e. The van der Waals surface area contributed by atoms with Crippen LogP contribution in [0.25, 0.3) is 0 Å². The number of aryl methyl sites for hydroxylation is 3. The Hall–Kier alpha value is -2.79. The molecule has 0 aliphatic heterocycles. The minimum Gasteiger partial charge on any atom is -0.471 e. The summed E-state index contributed by atoms with van der Waals surface area (Å²) in [5, 5.41) is 7.90. The summed E-state index contributed by atoms with van der Waals surface area (Å²) in [5.41, 5.74) is 4.13. The van der Waals surface area contributed by atoms with Crippen molar-refractivity contribution >= 4 is 23.2 Å². The van der Waals surface area contributed by atoms with Crippen LogP contribution in [0.2, 0.25) is 5.02 Å². The molecule has 3 aromatic rings. The summed E-state index contributed by atoms with van der Waals surface area (Å²) in [4.78, 5) is 12.4. The number of aromatic nitrogens is 2. The van der Waals surface area contributed by atoms with E-state index in [1.807, 2.05) is 45.0 Å². The van der Waals surface area contributed by atoms with Gasteiger partial charge < -0.3 is 10.1 Å². The first-order valence-electron chi connectivity index (χ1n) is 8.24. The maximum absolute atomic E-state index is 12.4. The fraction of sp³-hybridized carbons (Fsp3) is 0.200. The van der Waals surface area contributed by atoms with E-state index in [0.29, 0.717) is 16.5 Å². The summed E-state index contributed by atoms with van der Waals surface area (Å²) in [6, 6.07) is 13.0. The Morgan fingerprint density at radius 1 is 1.12 bits per heavy atom. The van der Waals surface area contributed by atoms with Gasteiger partial charge in [-0.25, -0.2) is 4.68 Å². The van der Waals surface area contributed by atoms with Crippen molar-refractivity contribution in [2.24, 2.45) is 0 Å². The van der Waals surface area contributed by atoms with Crippen molar-refractivity contribution in [3.8, 4) is 5.75 Å². The minimum absolute atomic E-state index is 0.206. The van der Waals surface area contributed by atoms with Gasteiger partial charge in [0.05, 0.1) is 0 Å². The summed E-state index contributed by atoms with van der Waals surface area (Å²) < 4.78 is 7.26. The van der Waals surface area contributed by atoms with E-state index in [1.54, 1.807) is 29.1 Å². The van der Waals surface area contributed by atoms with Gasteiger partial charge in [0.2, 0.25) is 0 Å². The average molecular weight is 370 g/mol. The van der Waals surface area contributed by atoms with Crippen molar-refractivity contribution in [1.82, 2.24) is 9.78 Å². The van der Waals surface area contributed by atoms with Crippen molar-refractivity contribution in [1.29, 1.82) is 0 Å². The first-order chi connectivity index (χ1) is 12.4. The minimum atomic E-state index is -0.247. The van der Waals surface area contributed by atoms with E-state index in [2.05, 4.69) is 10.4 Å². The Bertz CT molecular complexity index is 930. The summed E-state index contributed by atoms with van der Waals surface area (Å²) in [5.74, 6) is 0.451. The third-order valence-corrected chi connectivity index (χ3v) is 4.51. The van der Waals surface area contributed by atoms with Gasteiger partial charge in [-0.3, -0.25) is 4.79 Å². The number of carbonyl (C=O) groups is 1. The van der Waals surface area contributed by atoms with Gasteiger partial charge in [0.1, 0.15) is 5.75 Å². The molecule has 0 saturated heterocycles. The number of anilines is 1. The lowest BCUT2D eigenvalue weighted by Crippen LogP contribution is -2.15. The molecule has 1 N–H and O–H groups in total. The lowest BCUT2D eigenvalue weighted by Gasteiger charge is -2.10. The second kappa shape index (κ2) is 7.62. The number of carbonyl (C=O) groups excluding carboxylic acids is 1. The van der Waals surface area contributed by atoms with E-state index >= 15 is 0 Å². The van der Waals surface area contributed by atoms with Gasteiger partial charge in [0, 0.05) is 16.9 Å². The SMILES string of the molecule is Cc1cc(OCn2ccc(C(=O)Nc3c(C)cccc3C)n2)ccc1Cl. The van der Waals surface area contributed by atoms with Crippen LogP contribution in [-0.2, 0) is 6.73 Å². The van der Waals surface area contributed by atoms with Crippen LogP contribution in [0, 0.1) is 20.8 Å². The highest BCUT2D eigenvalue weighted by molar-refractivity contribution is 6.31. The number of hydrogen-bond acceptors (Lipinski definition) is 3. The molecule has 26 heavy (non-hydrogen) atoms. The van der Waals surface area contributed by atoms with Gasteiger partial charge in [0.25, 0.3) is 5.91 Å². The second-order valence-electron chi connectivity index (χ2n) is 6.15. The van der Waals surface area contributed by atoms with Crippen LogP contribution in [0.15, 0.2) is 48.7 Å². The summed E-state index contributed by atoms with van der Waals surface area (Å²) in [6.07, 6.45) is 1.71. The average Bonchev–Trinajstić information content (AvgIpc) is 3.08. The molecule has 0 saturated carbocycles. The highest BCUT2D eigenvalue weighted by atomic mass is 35.5. The van der Waals surface area contributed by atoms with E-state index < -0.39 is 0 Å². The monoisotopic (exact) mass is 369 g/mol. The lowest BCUT2D eigenvalue weighted by atomic mass is 10.1. The predicted molar refractivity (Wildman–Crippen MR) is 103 cm³/mol. The Kier molecular flexibility index (Phi) is 5.28. The number of ether oxygens (including phenoxy) is 1. The number of amides is 1. The molecule has 0 bridgehead atoms. The van der Waals surface area contributed by atoms with E-state index in [4.69, 9.17) is 16.3 Å². The van der Waals surface area contributed by atoms with E-state index in [0.717, 1.165) is 22.4 Å². The molecule has 0 radical (unpaired) electrons. The fourth-order valence-electron chi connectivity index (χ4n) is 2.59. The smallest absolute Gasteiger partial charge is 0.276 e. The number of hydrogen-bond donors (Lipinski definition) is 1. The highest BCUT2D eigenvalue weighted by Crippen LogP contribution is 2.22. The van der Waals surface area contributed by atoms with Crippen molar-refractivity contribution in [3.05, 3.63) is 76.1 Å². The van der Waals surface area contributed by atoms with Crippen LogP contribution >= 0.6 is 11.6 Å². The molecule has 2 aromatic carbocycles. The Morgan fingerprint density at radius 2 is 1.85 bits per heavy atom. The summed E-state index contributed by atoms with van der Waals surface area (Å²) in [7, 11) is 0. The largest absolute Gasteiger partial charge is 0.471 e. The summed E-state index contributed by atoms with van der Waals surface area (Å²) in [6.45, 7) is 6.04. The van der Waals surface area contributed by atoms with Crippen LogP contribution in [0.3, 0.4) is 0 Å². The maximum atomic E-state index is 12.4. The first-order valence-corrected chi connectivity index (χ1v) is 8.62. The fourth-order valence-corrected chi connectivity index (χ4v) is 2.71. The zero-order chi connectivity index (χ0) is 18.7. The van der Waals surface area contributed by atoms with Gasteiger partial charge in [-0.1, -0.05) is 29.8 Å². The molecule has 0 fully saturated rings. The molecule has 134 valence electrons. The number of halogens is 1. The molecular weight excluding hydrogens is 350 g/mol. The third-order valence-electron chi connectivity index (χ3n) is 4.09. The number of benzene rings is 2. The zero-order valence-electron chi connectivity index (χ0n) is 14.9. The molecule has 0 aliphatic carbocycles. The van der Waals surface area contributed by atoms with Crippen LogP contribution in [-0.4, -0.2) is 15.7 Å². The van der Waals surface area contributed by atoms with Crippen molar-refractivity contribution in [2.45, 2.75) is 27.5 Å². The first kappa shape index (κ1) is 18.0. The van der Waals surface area contributed by atoms with Crippen LogP contribution < -0.4 is 10.1 Å². The van der Waals surface area contributed by atoms with Crippen LogP contribution in [0.4, 0.5) is 5.69 Å². The summed E-state index contributed by atoms with van der Waals surface area (Å²) >= 11 is 6.01. The van der Waals surface area contributed by atoms with Crippen molar-refractivity contribution in [2.75, 3.05) is 5.32 Å². The van der Waals surface area contributed by atoms with Crippen LogP contribution in [0.1, 0.15) is 27.2 Å². The van der Waals surface area contributed by atoms with Gasteiger partial charge in [-0.05, 0) is 61.7 Å². The van der Waals surface area contributed by atoms with Gasteiger partial charge in [-0.15, -0.1) is 0 Å². The number of rotatable bonds is 5. The van der Waals surface area contributed by atoms with E-state index in [1.165, 1.54) is 0 Å². The molecule has 6 heteroatoms. The molecular formula is C20H20ClN3O2. The molecule has 1 aromatic heterocycles. The number of para-hydroxylation sites is 1. The highest BCUT2D eigenvalue weighted by Gasteiger charge is 2.12. The second-order valence-corrected chi connectivity index (χ2v) is 6.55. The number of nitrogens with one attached hydrogen (secondary N) is 1. The van der Waals surface area contributed by atoms with E-state index in [9.17, 15) is 4.79 Å².